The van der Waals surface area contributed by atoms with Gasteiger partial charge in [0.2, 0.25) is 0 Å². The summed E-state index contributed by atoms with van der Waals surface area (Å²) in [5, 5.41) is 7.79. The normalized spacial score (nSPS) is 11.0. The number of amides is 1. The maximum atomic E-state index is 12.7. The summed E-state index contributed by atoms with van der Waals surface area (Å²) in [5.41, 5.74) is 2.56. The van der Waals surface area contributed by atoms with Crippen molar-refractivity contribution < 1.29 is 4.79 Å². The van der Waals surface area contributed by atoms with Crippen molar-refractivity contribution in [3.8, 4) is 0 Å². The number of H-pyrrole nitrogens is 2. The summed E-state index contributed by atoms with van der Waals surface area (Å²) < 4.78 is 0. The highest BCUT2D eigenvalue weighted by Gasteiger charge is 2.20. The van der Waals surface area contributed by atoms with Gasteiger partial charge in [-0.25, -0.2) is 4.98 Å². The Kier molecular flexibility index (Phi) is 3.21. The Morgan fingerprint density at radius 3 is 2.76 bits per heavy atom. The molecular weight excluding hydrogens is 266 g/mol. The Balaban J connectivity index is 1.91. The second-order valence-corrected chi connectivity index (χ2v) is 5.17. The predicted molar refractivity (Wildman–Crippen MR) is 80.0 cm³/mol. The van der Waals surface area contributed by atoms with E-state index in [4.69, 9.17) is 0 Å². The Morgan fingerprint density at radius 1 is 1.29 bits per heavy atom. The van der Waals surface area contributed by atoms with Crippen molar-refractivity contribution >= 4 is 16.8 Å². The van der Waals surface area contributed by atoms with Crippen LogP contribution in [0, 0.1) is 13.8 Å². The lowest BCUT2D eigenvalue weighted by Gasteiger charge is -2.15. The predicted octanol–water partition coefficient (Wildman–Crippen LogP) is 2.18. The number of para-hydroxylation sites is 1. The van der Waals surface area contributed by atoms with Crippen molar-refractivity contribution in [2.75, 3.05) is 7.05 Å². The van der Waals surface area contributed by atoms with Crippen molar-refractivity contribution in [3.05, 3.63) is 47.2 Å². The van der Waals surface area contributed by atoms with Crippen LogP contribution < -0.4 is 0 Å². The molecule has 6 nitrogen and oxygen atoms in total. The summed E-state index contributed by atoms with van der Waals surface area (Å²) in [7, 11) is 1.76. The molecule has 0 aliphatic rings. The van der Waals surface area contributed by atoms with Gasteiger partial charge in [-0.15, -0.1) is 0 Å². The molecule has 2 aromatic heterocycles. The maximum absolute atomic E-state index is 12.7. The standard InChI is InChI=1S/C15H17N5O/c1-9-14(11-6-4-5-7-12(11)16-9)15(21)20(3)8-13-17-10(2)18-19-13/h4-7,16H,8H2,1-3H3,(H,17,18,19). The first-order valence-electron chi connectivity index (χ1n) is 6.77. The first-order valence-corrected chi connectivity index (χ1v) is 6.77. The molecule has 0 fully saturated rings. The van der Waals surface area contributed by atoms with Crippen LogP contribution in [0.3, 0.4) is 0 Å². The van der Waals surface area contributed by atoms with E-state index in [2.05, 4.69) is 20.2 Å². The molecule has 0 aliphatic heterocycles. The number of rotatable bonds is 3. The summed E-state index contributed by atoms with van der Waals surface area (Å²) in [6, 6.07) is 7.81. The molecule has 108 valence electrons. The van der Waals surface area contributed by atoms with Crippen LogP contribution in [0.15, 0.2) is 24.3 Å². The number of fused-ring (bicyclic) bond motifs is 1. The molecule has 2 N–H and O–H groups in total. The molecule has 6 heteroatoms. The Morgan fingerprint density at radius 2 is 2.05 bits per heavy atom. The Bertz CT molecular complexity index is 801. The average Bonchev–Trinajstić information content (AvgIpc) is 3.00. The van der Waals surface area contributed by atoms with Crippen molar-refractivity contribution in [2.24, 2.45) is 0 Å². The molecule has 1 aromatic carbocycles. The Labute approximate surface area is 122 Å². The van der Waals surface area contributed by atoms with E-state index in [9.17, 15) is 4.79 Å². The van der Waals surface area contributed by atoms with E-state index in [0.717, 1.165) is 22.4 Å². The lowest BCUT2D eigenvalue weighted by atomic mass is 10.1. The fourth-order valence-corrected chi connectivity index (χ4v) is 2.49. The van der Waals surface area contributed by atoms with Gasteiger partial charge in [0.1, 0.15) is 5.82 Å². The van der Waals surface area contributed by atoms with Gasteiger partial charge >= 0.3 is 0 Å². The van der Waals surface area contributed by atoms with E-state index >= 15 is 0 Å². The fourth-order valence-electron chi connectivity index (χ4n) is 2.49. The van der Waals surface area contributed by atoms with Crippen molar-refractivity contribution in [1.29, 1.82) is 0 Å². The van der Waals surface area contributed by atoms with Crippen LogP contribution in [0.1, 0.15) is 27.7 Å². The molecule has 0 saturated carbocycles. The van der Waals surface area contributed by atoms with E-state index < -0.39 is 0 Å². The summed E-state index contributed by atoms with van der Waals surface area (Å²) in [6.45, 7) is 4.13. The quantitative estimate of drug-likeness (QED) is 0.773. The zero-order chi connectivity index (χ0) is 15.0. The topological polar surface area (TPSA) is 77.7 Å². The monoisotopic (exact) mass is 283 g/mol. The van der Waals surface area contributed by atoms with Crippen LogP contribution in [0.2, 0.25) is 0 Å². The number of nitrogens with zero attached hydrogens (tertiary/aromatic N) is 3. The van der Waals surface area contributed by atoms with E-state index in [1.807, 2.05) is 38.1 Å². The molecule has 0 aliphatic carbocycles. The highest BCUT2D eigenvalue weighted by molar-refractivity contribution is 6.07. The highest BCUT2D eigenvalue weighted by Crippen LogP contribution is 2.23. The molecule has 1 amide bonds. The van der Waals surface area contributed by atoms with Crippen LogP contribution >= 0.6 is 0 Å². The third kappa shape index (κ3) is 2.40. The molecule has 0 bridgehead atoms. The third-order valence-electron chi connectivity index (χ3n) is 3.48. The van der Waals surface area contributed by atoms with Crippen LogP contribution in [-0.4, -0.2) is 38.0 Å². The number of carbonyl (C=O) groups is 1. The van der Waals surface area contributed by atoms with Crippen LogP contribution in [0.4, 0.5) is 0 Å². The number of aromatic amines is 2. The first-order chi connectivity index (χ1) is 10.1. The zero-order valence-corrected chi connectivity index (χ0v) is 12.3. The molecule has 3 rings (SSSR count). The summed E-state index contributed by atoms with van der Waals surface area (Å²) in [4.78, 5) is 21.8. The molecule has 3 aromatic rings. The SMILES string of the molecule is Cc1nc(CN(C)C(=O)c2c(C)[nH]c3ccccc23)n[nH]1. The van der Waals surface area contributed by atoms with E-state index in [1.165, 1.54) is 0 Å². The summed E-state index contributed by atoms with van der Waals surface area (Å²) >= 11 is 0. The lowest BCUT2D eigenvalue weighted by Crippen LogP contribution is -2.27. The van der Waals surface area contributed by atoms with Gasteiger partial charge in [0.15, 0.2) is 5.82 Å². The number of hydrogen-bond donors (Lipinski definition) is 2. The van der Waals surface area contributed by atoms with E-state index in [-0.39, 0.29) is 5.91 Å². The number of aryl methyl sites for hydroxylation is 2. The largest absolute Gasteiger partial charge is 0.358 e. The van der Waals surface area contributed by atoms with Gasteiger partial charge in [-0.3, -0.25) is 9.89 Å². The van der Waals surface area contributed by atoms with Gasteiger partial charge in [-0.2, -0.15) is 5.10 Å². The number of carbonyl (C=O) groups excluding carboxylic acids is 1. The van der Waals surface area contributed by atoms with Crippen LogP contribution in [0.5, 0.6) is 0 Å². The lowest BCUT2D eigenvalue weighted by molar-refractivity contribution is 0.0783. The van der Waals surface area contributed by atoms with Gasteiger partial charge < -0.3 is 9.88 Å². The van der Waals surface area contributed by atoms with Gasteiger partial charge in [-0.05, 0) is 19.9 Å². The van der Waals surface area contributed by atoms with Gasteiger partial charge in [-0.1, -0.05) is 18.2 Å². The minimum Gasteiger partial charge on any atom is -0.358 e. The summed E-state index contributed by atoms with van der Waals surface area (Å²) in [5.74, 6) is 1.32. The number of aromatic nitrogens is 4. The van der Waals surface area contributed by atoms with Crippen molar-refractivity contribution in [2.45, 2.75) is 20.4 Å². The van der Waals surface area contributed by atoms with E-state index in [0.29, 0.717) is 17.9 Å². The minimum atomic E-state index is -0.0348. The molecular formula is C15H17N5O. The van der Waals surface area contributed by atoms with E-state index in [1.54, 1.807) is 11.9 Å². The van der Waals surface area contributed by atoms with Gasteiger partial charge in [0, 0.05) is 23.6 Å². The van der Waals surface area contributed by atoms with Crippen LogP contribution in [0.25, 0.3) is 10.9 Å². The second kappa shape index (κ2) is 5.05. The highest BCUT2D eigenvalue weighted by atomic mass is 16.2. The van der Waals surface area contributed by atoms with Gasteiger partial charge in [0.05, 0.1) is 12.1 Å². The maximum Gasteiger partial charge on any atom is 0.256 e. The zero-order valence-electron chi connectivity index (χ0n) is 12.3. The summed E-state index contributed by atoms with van der Waals surface area (Å²) in [6.07, 6.45) is 0. The van der Waals surface area contributed by atoms with Crippen molar-refractivity contribution in [3.63, 3.8) is 0 Å². The molecule has 0 radical (unpaired) electrons. The number of benzene rings is 1. The van der Waals surface area contributed by atoms with Crippen molar-refractivity contribution in [1.82, 2.24) is 25.1 Å². The molecule has 0 unspecified atom stereocenters. The molecule has 21 heavy (non-hydrogen) atoms. The molecule has 0 spiro atoms. The molecule has 2 heterocycles. The fraction of sp³-hybridized carbons (Fsp3) is 0.267. The smallest absolute Gasteiger partial charge is 0.256 e. The minimum absolute atomic E-state index is 0.0348. The Hall–Kier alpha value is -2.63. The van der Waals surface area contributed by atoms with Crippen LogP contribution in [-0.2, 0) is 6.54 Å². The molecule has 0 atom stereocenters. The molecule has 0 saturated heterocycles. The third-order valence-corrected chi connectivity index (χ3v) is 3.48. The average molecular weight is 283 g/mol. The van der Waals surface area contributed by atoms with Gasteiger partial charge in [0.25, 0.3) is 5.91 Å². The second-order valence-electron chi connectivity index (χ2n) is 5.17. The number of nitrogens with one attached hydrogen (secondary N) is 2. The first kappa shape index (κ1) is 13.4. The number of hydrogen-bond acceptors (Lipinski definition) is 3.